The molecule has 0 fully saturated rings. The zero-order valence-electron chi connectivity index (χ0n) is 20.0. The molecule has 0 heteroatoms. The molecule has 0 radical (unpaired) electrons. The maximum absolute atomic E-state index is 2.49. The van der Waals surface area contributed by atoms with E-state index in [2.05, 4.69) is 27.7 Å². The quantitative estimate of drug-likeness (QED) is 0.164. The molecule has 0 saturated heterocycles. The highest BCUT2D eigenvalue weighted by molar-refractivity contribution is 4.58. The average molecular weight is 381 g/mol. The summed E-state index contributed by atoms with van der Waals surface area (Å²) in [5.74, 6) is 1.93. The maximum atomic E-state index is 2.49. The predicted molar refractivity (Wildman–Crippen MR) is 127 cm³/mol. The number of hydrogen-bond donors (Lipinski definition) is 0. The molecule has 0 aromatic carbocycles. The number of hydrogen-bond acceptors (Lipinski definition) is 0. The lowest BCUT2D eigenvalue weighted by Crippen LogP contribution is -1.97. The maximum Gasteiger partial charge on any atom is -0.0443 e. The Labute approximate surface area is 174 Å². The standard InChI is InChI=1S/C27H56/c1-5-7-9-10-11-12-13-14-15-16-17-19-23-27(4)25-21-18-20-24-26(3)22-8-6-2/h26-27H,5-25H2,1-4H3/t26-,27+/m1/s1. The summed E-state index contributed by atoms with van der Waals surface area (Å²) in [7, 11) is 0. The zero-order valence-corrected chi connectivity index (χ0v) is 20.0. The first-order valence-electron chi connectivity index (χ1n) is 13.2. The fourth-order valence-corrected chi connectivity index (χ4v) is 4.34. The van der Waals surface area contributed by atoms with Gasteiger partial charge in [0.15, 0.2) is 0 Å². The van der Waals surface area contributed by atoms with Crippen LogP contribution in [-0.2, 0) is 0 Å². The minimum Gasteiger partial charge on any atom is -0.0654 e. The molecule has 0 saturated carbocycles. The average Bonchev–Trinajstić information content (AvgIpc) is 2.67. The molecule has 0 aromatic rings. The molecule has 0 aliphatic heterocycles. The monoisotopic (exact) mass is 380 g/mol. The van der Waals surface area contributed by atoms with Gasteiger partial charge in [-0.25, -0.2) is 0 Å². The van der Waals surface area contributed by atoms with E-state index in [1.807, 2.05) is 0 Å². The molecule has 0 N–H and O–H groups in total. The smallest absolute Gasteiger partial charge is 0.0443 e. The molecule has 0 nitrogen and oxygen atoms in total. The summed E-state index contributed by atoms with van der Waals surface area (Å²) < 4.78 is 0. The van der Waals surface area contributed by atoms with Gasteiger partial charge in [-0.1, -0.05) is 163 Å². The molecule has 27 heavy (non-hydrogen) atoms. The van der Waals surface area contributed by atoms with Crippen LogP contribution in [0.25, 0.3) is 0 Å². The van der Waals surface area contributed by atoms with Gasteiger partial charge in [-0.2, -0.15) is 0 Å². The van der Waals surface area contributed by atoms with Gasteiger partial charge < -0.3 is 0 Å². The molecule has 0 aromatic heterocycles. The lowest BCUT2D eigenvalue weighted by Gasteiger charge is -2.12. The summed E-state index contributed by atoms with van der Waals surface area (Å²) >= 11 is 0. The highest BCUT2D eigenvalue weighted by Crippen LogP contribution is 2.20. The van der Waals surface area contributed by atoms with E-state index < -0.39 is 0 Å². The van der Waals surface area contributed by atoms with E-state index in [9.17, 15) is 0 Å². The Bertz CT molecular complexity index is 257. The fraction of sp³-hybridized carbons (Fsp3) is 1.00. The van der Waals surface area contributed by atoms with Crippen molar-refractivity contribution in [1.29, 1.82) is 0 Å². The lowest BCUT2D eigenvalue weighted by molar-refractivity contribution is 0.411. The van der Waals surface area contributed by atoms with Gasteiger partial charge in [0, 0.05) is 0 Å². The first-order valence-corrected chi connectivity index (χ1v) is 13.2. The zero-order chi connectivity index (χ0) is 20.0. The normalized spacial score (nSPS) is 13.8. The van der Waals surface area contributed by atoms with Crippen molar-refractivity contribution in [2.24, 2.45) is 11.8 Å². The SMILES string of the molecule is CCCCCCCCCCCCCC[C@H](C)CCCCC[C@H](C)CCCC. The van der Waals surface area contributed by atoms with Crippen LogP contribution in [0.1, 0.15) is 163 Å². The van der Waals surface area contributed by atoms with E-state index in [4.69, 9.17) is 0 Å². The summed E-state index contributed by atoms with van der Waals surface area (Å²) in [6, 6.07) is 0. The van der Waals surface area contributed by atoms with Gasteiger partial charge in [0.2, 0.25) is 0 Å². The second-order valence-electron chi connectivity index (χ2n) is 9.67. The van der Waals surface area contributed by atoms with Crippen LogP contribution in [-0.4, -0.2) is 0 Å². The van der Waals surface area contributed by atoms with E-state index in [0.29, 0.717) is 0 Å². The van der Waals surface area contributed by atoms with E-state index in [-0.39, 0.29) is 0 Å². The molecule has 0 rings (SSSR count). The fourth-order valence-electron chi connectivity index (χ4n) is 4.34. The topological polar surface area (TPSA) is 0 Å². The lowest BCUT2D eigenvalue weighted by atomic mass is 9.94. The Hall–Kier alpha value is 0. The van der Waals surface area contributed by atoms with E-state index in [1.165, 1.54) is 135 Å². The van der Waals surface area contributed by atoms with Gasteiger partial charge in [0.05, 0.1) is 0 Å². The van der Waals surface area contributed by atoms with Crippen LogP contribution in [0.4, 0.5) is 0 Å². The molecular formula is C27H56. The second-order valence-corrected chi connectivity index (χ2v) is 9.67. The Balaban J connectivity index is 3.20. The highest BCUT2D eigenvalue weighted by atomic mass is 14.1. The molecule has 0 aliphatic carbocycles. The first kappa shape index (κ1) is 27.0. The van der Waals surface area contributed by atoms with Crippen molar-refractivity contribution in [2.45, 2.75) is 163 Å². The van der Waals surface area contributed by atoms with Crippen molar-refractivity contribution in [2.75, 3.05) is 0 Å². The van der Waals surface area contributed by atoms with Crippen molar-refractivity contribution in [1.82, 2.24) is 0 Å². The van der Waals surface area contributed by atoms with E-state index in [1.54, 1.807) is 0 Å². The van der Waals surface area contributed by atoms with Crippen molar-refractivity contribution in [3.8, 4) is 0 Å². The molecule has 2 atom stereocenters. The van der Waals surface area contributed by atoms with Crippen LogP contribution in [0.3, 0.4) is 0 Å². The third-order valence-corrected chi connectivity index (χ3v) is 6.49. The van der Waals surface area contributed by atoms with Crippen molar-refractivity contribution in [3.05, 3.63) is 0 Å². The molecule has 0 aliphatic rings. The molecule has 0 unspecified atom stereocenters. The Morgan fingerprint density at radius 2 is 0.593 bits per heavy atom. The molecule has 0 amide bonds. The first-order chi connectivity index (χ1) is 13.2. The van der Waals surface area contributed by atoms with Crippen LogP contribution in [0, 0.1) is 11.8 Å². The van der Waals surface area contributed by atoms with Gasteiger partial charge in [-0.15, -0.1) is 0 Å². The van der Waals surface area contributed by atoms with Crippen LogP contribution in [0.2, 0.25) is 0 Å². The van der Waals surface area contributed by atoms with Crippen LogP contribution >= 0.6 is 0 Å². The summed E-state index contributed by atoms with van der Waals surface area (Å²) in [5, 5.41) is 0. The number of unbranched alkanes of at least 4 members (excludes halogenated alkanes) is 14. The van der Waals surface area contributed by atoms with Gasteiger partial charge >= 0.3 is 0 Å². The molecule has 0 spiro atoms. The van der Waals surface area contributed by atoms with Crippen molar-refractivity contribution >= 4 is 0 Å². The third kappa shape index (κ3) is 22.2. The second kappa shape index (κ2) is 22.3. The van der Waals surface area contributed by atoms with Crippen molar-refractivity contribution < 1.29 is 0 Å². The molecule has 164 valence electrons. The Morgan fingerprint density at radius 3 is 0.963 bits per heavy atom. The summed E-state index contributed by atoms with van der Waals surface area (Å²) in [5.41, 5.74) is 0. The molecule has 0 bridgehead atoms. The van der Waals surface area contributed by atoms with Gasteiger partial charge in [0.25, 0.3) is 0 Å². The molecule has 0 heterocycles. The van der Waals surface area contributed by atoms with E-state index in [0.717, 1.165) is 11.8 Å². The van der Waals surface area contributed by atoms with Gasteiger partial charge in [-0.3, -0.25) is 0 Å². The number of rotatable bonds is 22. The molecular weight excluding hydrogens is 324 g/mol. The highest BCUT2D eigenvalue weighted by Gasteiger charge is 2.04. The van der Waals surface area contributed by atoms with Crippen LogP contribution < -0.4 is 0 Å². The van der Waals surface area contributed by atoms with Crippen molar-refractivity contribution in [3.63, 3.8) is 0 Å². The van der Waals surface area contributed by atoms with E-state index >= 15 is 0 Å². The van der Waals surface area contributed by atoms with Gasteiger partial charge in [0.1, 0.15) is 0 Å². The Kier molecular flexibility index (Phi) is 22.3. The Morgan fingerprint density at radius 1 is 0.333 bits per heavy atom. The summed E-state index contributed by atoms with van der Waals surface area (Å²) in [4.78, 5) is 0. The van der Waals surface area contributed by atoms with Gasteiger partial charge in [-0.05, 0) is 11.8 Å². The largest absolute Gasteiger partial charge is 0.0654 e. The minimum atomic E-state index is 0.962. The van der Waals surface area contributed by atoms with Crippen LogP contribution in [0.5, 0.6) is 0 Å². The predicted octanol–water partition coefficient (Wildman–Crippen LogP) is 10.5. The minimum absolute atomic E-state index is 0.962. The summed E-state index contributed by atoms with van der Waals surface area (Å²) in [6.07, 6.45) is 30.7. The third-order valence-electron chi connectivity index (χ3n) is 6.49. The summed E-state index contributed by atoms with van der Waals surface area (Å²) in [6.45, 7) is 9.55. The van der Waals surface area contributed by atoms with Crippen LogP contribution in [0.15, 0.2) is 0 Å².